The first-order valence-electron chi connectivity index (χ1n) is 32.6. The van der Waals surface area contributed by atoms with Crippen LogP contribution in [0.3, 0.4) is 0 Å². The molecule has 0 saturated heterocycles. The van der Waals surface area contributed by atoms with Crippen molar-refractivity contribution in [3.05, 3.63) is 12.2 Å². The van der Waals surface area contributed by atoms with Gasteiger partial charge in [0.25, 0.3) is 0 Å². The number of nitrogens with one attached hydrogen (secondary N) is 1. The highest BCUT2D eigenvalue weighted by molar-refractivity contribution is 7.47. The van der Waals surface area contributed by atoms with Gasteiger partial charge in [-0.05, 0) is 38.5 Å². The van der Waals surface area contributed by atoms with E-state index in [1.165, 1.54) is 276 Å². The molecule has 0 rings (SSSR count). The number of carbonyl (C=O) groups excluding carboxylic acids is 1. The molecule has 0 aliphatic carbocycles. The molecule has 0 radical (unpaired) electrons. The van der Waals surface area contributed by atoms with Crippen LogP contribution in [0.2, 0.25) is 0 Å². The summed E-state index contributed by atoms with van der Waals surface area (Å²) in [6.45, 7) is 4.94. The van der Waals surface area contributed by atoms with Gasteiger partial charge in [0.05, 0.1) is 39.9 Å². The van der Waals surface area contributed by atoms with Crippen molar-refractivity contribution in [1.82, 2.24) is 5.32 Å². The predicted octanol–water partition coefficient (Wildman–Crippen LogP) is 20.2. The number of nitrogens with zero attached hydrogens (tertiary/aromatic N) is 1. The maximum absolute atomic E-state index is 13.0. The van der Waals surface area contributed by atoms with Crippen molar-refractivity contribution in [2.24, 2.45) is 0 Å². The molecule has 0 bridgehead atoms. The highest BCUT2D eigenvalue weighted by Crippen LogP contribution is 2.43. The molecule has 0 aromatic heterocycles. The maximum atomic E-state index is 13.0. The molecule has 0 aliphatic heterocycles. The van der Waals surface area contributed by atoms with Gasteiger partial charge in [-0.1, -0.05) is 309 Å². The second-order valence-electron chi connectivity index (χ2n) is 23.9. The zero-order valence-electron chi connectivity index (χ0n) is 49.9. The predicted molar refractivity (Wildman–Crippen MR) is 319 cm³/mol. The fraction of sp³-hybridized carbons (Fsp3) is 0.953. The van der Waals surface area contributed by atoms with Crippen molar-refractivity contribution in [2.45, 2.75) is 353 Å². The molecule has 8 nitrogen and oxygen atoms in total. The van der Waals surface area contributed by atoms with E-state index in [2.05, 4.69) is 31.3 Å². The fourth-order valence-electron chi connectivity index (χ4n) is 10.2. The van der Waals surface area contributed by atoms with E-state index in [1.807, 2.05) is 21.1 Å². The molecule has 3 N–H and O–H groups in total. The summed E-state index contributed by atoms with van der Waals surface area (Å²) in [4.78, 5) is 23.4. The summed E-state index contributed by atoms with van der Waals surface area (Å²) in [5.74, 6) is -0.140. The molecule has 1 amide bonds. The van der Waals surface area contributed by atoms with Crippen LogP contribution in [0.5, 0.6) is 0 Å². The number of amides is 1. The second kappa shape index (κ2) is 56.0. The zero-order chi connectivity index (χ0) is 53.5. The van der Waals surface area contributed by atoms with E-state index in [0.717, 1.165) is 38.5 Å². The fourth-order valence-corrected chi connectivity index (χ4v) is 10.9. The van der Waals surface area contributed by atoms with Gasteiger partial charge in [0.15, 0.2) is 0 Å². The van der Waals surface area contributed by atoms with Crippen LogP contribution >= 0.6 is 7.82 Å². The topological polar surface area (TPSA) is 105 Å². The lowest BCUT2D eigenvalue weighted by molar-refractivity contribution is -0.870. The number of rotatable bonds is 61. The van der Waals surface area contributed by atoms with Gasteiger partial charge in [0, 0.05) is 6.42 Å². The molecular formula is C64H130N2O6P+. The third kappa shape index (κ3) is 58.8. The lowest BCUT2D eigenvalue weighted by Gasteiger charge is -2.26. The molecule has 73 heavy (non-hydrogen) atoms. The third-order valence-electron chi connectivity index (χ3n) is 15.3. The number of carbonyl (C=O) groups is 1. The largest absolute Gasteiger partial charge is 0.472 e. The van der Waals surface area contributed by atoms with E-state index < -0.39 is 20.0 Å². The van der Waals surface area contributed by atoms with E-state index in [-0.39, 0.29) is 19.1 Å². The summed E-state index contributed by atoms with van der Waals surface area (Å²) < 4.78 is 23.9. The van der Waals surface area contributed by atoms with Gasteiger partial charge in [-0.3, -0.25) is 13.8 Å². The molecule has 0 saturated carbocycles. The summed E-state index contributed by atoms with van der Waals surface area (Å²) in [6.07, 6.45) is 70.1. The Balaban J connectivity index is 4.04. The number of phosphoric acid groups is 1. The number of allylic oxidation sites excluding steroid dienone is 2. The van der Waals surface area contributed by atoms with Gasteiger partial charge < -0.3 is 19.8 Å². The van der Waals surface area contributed by atoms with Crippen LogP contribution < -0.4 is 5.32 Å². The van der Waals surface area contributed by atoms with E-state index in [1.54, 1.807) is 0 Å². The number of phosphoric ester groups is 1. The number of hydrogen-bond donors (Lipinski definition) is 3. The van der Waals surface area contributed by atoms with Crippen molar-refractivity contribution < 1.29 is 32.9 Å². The Bertz CT molecular complexity index is 1200. The quantitative estimate of drug-likeness (QED) is 0.0243. The van der Waals surface area contributed by atoms with E-state index in [4.69, 9.17) is 9.05 Å². The SMILES string of the molecule is CCCCCCCCCC/C=C\CCCCCCCCCCCC(=O)NC(COP(=O)(O)OCC[N+](C)(C)C)C(O)CCCCCCCCCCCCCCCCCCCCCCCCCCCCCCCC. The molecule has 0 aliphatic rings. The highest BCUT2D eigenvalue weighted by atomic mass is 31.2. The van der Waals surface area contributed by atoms with Crippen molar-refractivity contribution in [1.29, 1.82) is 0 Å². The molecule has 436 valence electrons. The average molecular weight is 1050 g/mol. The Hall–Kier alpha value is -0.760. The minimum atomic E-state index is -4.32. The van der Waals surface area contributed by atoms with Crippen molar-refractivity contribution >= 4 is 13.7 Å². The number of unbranched alkanes of at least 4 members (excludes halogenated alkanes) is 46. The van der Waals surface area contributed by atoms with Crippen molar-refractivity contribution in [3.8, 4) is 0 Å². The van der Waals surface area contributed by atoms with Gasteiger partial charge in [-0.25, -0.2) is 4.57 Å². The summed E-state index contributed by atoms with van der Waals surface area (Å²) in [6, 6.07) is -0.760. The maximum Gasteiger partial charge on any atom is 0.472 e. The number of aliphatic hydroxyl groups is 1. The number of quaternary nitrogens is 1. The Kier molecular flexibility index (Phi) is 55.4. The first-order chi connectivity index (χ1) is 35.5. The molecule has 0 aromatic rings. The summed E-state index contributed by atoms with van der Waals surface area (Å²) in [5, 5.41) is 14.1. The summed E-state index contributed by atoms with van der Waals surface area (Å²) in [7, 11) is 1.63. The van der Waals surface area contributed by atoms with Crippen LogP contribution in [0.25, 0.3) is 0 Å². The van der Waals surface area contributed by atoms with Gasteiger partial charge in [-0.2, -0.15) is 0 Å². The minimum absolute atomic E-state index is 0.0770. The third-order valence-corrected chi connectivity index (χ3v) is 16.2. The number of aliphatic hydroxyl groups excluding tert-OH is 1. The minimum Gasteiger partial charge on any atom is -0.391 e. The van der Waals surface area contributed by atoms with Crippen LogP contribution in [0.1, 0.15) is 341 Å². The lowest BCUT2D eigenvalue weighted by atomic mass is 10.0. The van der Waals surface area contributed by atoms with Crippen LogP contribution in [0.4, 0.5) is 0 Å². The number of hydrogen-bond acceptors (Lipinski definition) is 5. The Morgan fingerprint density at radius 3 is 1.05 bits per heavy atom. The van der Waals surface area contributed by atoms with Gasteiger partial charge in [0.2, 0.25) is 5.91 Å². The Morgan fingerprint density at radius 1 is 0.452 bits per heavy atom. The highest BCUT2D eigenvalue weighted by Gasteiger charge is 2.28. The lowest BCUT2D eigenvalue weighted by Crippen LogP contribution is -2.46. The van der Waals surface area contributed by atoms with Crippen LogP contribution in [0, 0.1) is 0 Å². The number of likely N-dealkylation sites (N-methyl/N-ethyl adjacent to an activating group) is 1. The first kappa shape index (κ1) is 72.2. The molecular weight excluding hydrogens is 924 g/mol. The molecule has 0 spiro atoms. The molecule has 3 unspecified atom stereocenters. The monoisotopic (exact) mass is 1050 g/mol. The Labute approximate surface area is 456 Å². The van der Waals surface area contributed by atoms with Gasteiger partial charge in [0.1, 0.15) is 13.2 Å². The second-order valence-corrected chi connectivity index (χ2v) is 25.3. The Morgan fingerprint density at radius 2 is 0.740 bits per heavy atom. The zero-order valence-corrected chi connectivity index (χ0v) is 50.8. The van der Waals surface area contributed by atoms with Gasteiger partial charge >= 0.3 is 7.82 Å². The van der Waals surface area contributed by atoms with Crippen LogP contribution in [-0.4, -0.2) is 73.4 Å². The molecule has 0 aromatic carbocycles. The van der Waals surface area contributed by atoms with Gasteiger partial charge in [-0.15, -0.1) is 0 Å². The standard InChI is InChI=1S/C64H129N2O6P/c1-6-8-10-12-14-16-18-20-22-24-26-28-29-30-31-32-33-34-35-36-38-39-41-43-45-47-49-51-53-55-57-63(67)62(61-72-73(69,70)71-60-59-66(3,4)5)65-64(68)58-56-54-52-50-48-46-44-42-40-37-27-25-23-21-19-17-15-13-11-9-7-2/h25,27,62-63,67H,6-24,26,28-61H2,1-5H3,(H-,65,68,69,70)/p+1/b27-25-. The van der Waals surface area contributed by atoms with Crippen molar-refractivity contribution in [2.75, 3.05) is 40.9 Å². The summed E-state index contributed by atoms with van der Waals surface area (Å²) in [5.41, 5.74) is 0. The summed E-state index contributed by atoms with van der Waals surface area (Å²) >= 11 is 0. The van der Waals surface area contributed by atoms with Crippen molar-refractivity contribution in [3.63, 3.8) is 0 Å². The molecule has 0 fully saturated rings. The van der Waals surface area contributed by atoms with Crippen LogP contribution in [0.15, 0.2) is 12.2 Å². The molecule has 3 atom stereocenters. The first-order valence-corrected chi connectivity index (χ1v) is 34.0. The van der Waals surface area contributed by atoms with E-state index in [0.29, 0.717) is 23.9 Å². The molecule has 9 heteroatoms. The average Bonchev–Trinajstić information content (AvgIpc) is 3.35. The van der Waals surface area contributed by atoms with Crippen LogP contribution in [-0.2, 0) is 18.4 Å². The normalized spacial score (nSPS) is 13.8. The van der Waals surface area contributed by atoms with E-state index >= 15 is 0 Å². The smallest absolute Gasteiger partial charge is 0.391 e. The van der Waals surface area contributed by atoms with E-state index in [9.17, 15) is 19.4 Å². The molecule has 0 heterocycles.